The summed E-state index contributed by atoms with van der Waals surface area (Å²) >= 11 is 0. The Kier molecular flexibility index (Phi) is 6.24. The quantitative estimate of drug-likeness (QED) is 0.310. The molecule has 0 aromatic carbocycles. The van der Waals surface area contributed by atoms with Crippen LogP contribution in [-0.2, 0) is 4.79 Å². The van der Waals surface area contributed by atoms with Crippen LogP contribution >= 0.6 is 0 Å². The monoisotopic (exact) mass is 378 g/mol. The Hall–Kier alpha value is -1.83. The molecule has 3 heterocycles. The lowest BCUT2D eigenvalue weighted by molar-refractivity contribution is -0.130. The van der Waals surface area contributed by atoms with Gasteiger partial charge in [-0.25, -0.2) is 4.79 Å². The third-order valence-electron chi connectivity index (χ3n) is 6.23. The van der Waals surface area contributed by atoms with Gasteiger partial charge in [0.15, 0.2) is 5.96 Å². The van der Waals surface area contributed by atoms with E-state index in [2.05, 4.69) is 25.4 Å². The zero-order chi connectivity index (χ0) is 19.4. The molecule has 8 nitrogen and oxygen atoms in total. The summed E-state index contributed by atoms with van der Waals surface area (Å²) in [6.45, 7) is 9.35. The highest BCUT2D eigenvalue weighted by molar-refractivity contribution is 6.06. The highest BCUT2D eigenvalue weighted by Crippen LogP contribution is 2.21. The minimum absolute atomic E-state index is 0.118. The van der Waals surface area contributed by atoms with Gasteiger partial charge >= 0.3 is 6.03 Å². The zero-order valence-electron chi connectivity index (χ0n) is 17.0. The molecule has 3 amide bonds. The molecule has 0 aromatic heterocycles. The second-order valence-corrected chi connectivity index (χ2v) is 8.03. The van der Waals surface area contributed by atoms with E-state index in [4.69, 9.17) is 0 Å². The smallest absolute Gasteiger partial charge is 0.325 e. The van der Waals surface area contributed by atoms with Crippen molar-refractivity contribution in [1.29, 1.82) is 0 Å². The van der Waals surface area contributed by atoms with E-state index in [9.17, 15) is 9.59 Å². The fraction of sp³-hybridized carbons (Fsp3) is 0.842. The van der Waals surface area contributed by atoms with Gasteiger partial charge in [0, 0.05) is 39.3 Å². The molecule has 3 fully saturated rings. The van der Waals surface area contributed by atoms with Crippen LogP contribution in [-0.4, -0.2) is 90.5 Å². The number of carbonyl (C=O) groups excluding carboxylic acids is 2. The van der Waals surface area contributed by atoms with Gasteiger partial charge in [-0.1, -0.05) is 6.92 Å². The maximum atomic E-state index is 12.4. The molecule has 2 atom stereocenters. The minimum Gasteiger partial charge on any atom is -0.356 e. The van der Waals surface area contributed by atoms with Gasteiger partial charge in [0.1, 0.15) is 5.54 Å². The average molecular weight is 379 g/mol. The number of hydrogen-bond donors (Lipinski definition) is 2. The van der Waals surface area contributed by atoms with Crippen molar-refractivity contribution in [2.75, 3.05) is 46.3 Å². The second-order valence-electron chi connectivity index (χ2n) is 8.03. The van der Waals surface area contributed by atoms with Crippen LogP contribution in [0, 0.1) is 0 Å². The highest BCUT2D eigenvalue weighted by Gasteiger charge is 2.46. The van der Waals surface area contributed by atoms with E-state index < -0.39 is 5.54 Å². The van der Waals surface area contributed by atoms with Crippen molar-refractivity contribution >= 4 is 17.9 Å². The molecule has 3 saturated heterocycles. The van der Waals surface area contributed by atoms with Crippen molar-refractivity contribution in [2.24, 2.45) is 4.99 Å². The maximum absolute atomic E-state index is 12.4. The first kappa shape index (κ1) is 19.9. The molecule has 2 unspecified atom stereocenters. The lowest BCUT2D eigenvalue weighted by atomic mass is 9.99. The number of rotatable bonds is 6. The van der Waals surface area contributed by atoms with Gasteiger partial charge in [0.25, 0.3) is 5.91 Å². The number of carbonyl (C=O) groups is 2. The Bertz CT molecular complexity index is 589. The highest BCUT2D eigenvalue weighted by atomic mass is 16.2. The van der Waals surface area contributed by atoms with Gasteiger partial charge in [-0.3, -0.25) is 19.6 Å². The first-order valence-corrected chi connectivity index (χ1v) is 10.3. The summed E-state index contributed by atoms with van der Waals surface area (Å²) in [5, 5.41) is 6.20. The van der Waals surface area contributed by atoms with Crippen LogP contribution in [0.5, 0.6) is 0 Å². The van der Waals surface area contributed by atoms with Crippen molar-refractivity contribution in [3.8, 4) is 0 Å². The standard InChI is InChI=1S/C19H34N6O2/c1-4-19(2)16(26)25(18(27)22-19)12-7-9-21-17(20-3)24-13-8-15(14-24)23-10-5-6-11-23/h15H,4-14H2,1-3H3,(H,20,21)(H,22,27). The molecule has 3 aliphatic rings. The molecule has 0 aromatic rings. The summed E-state index contributed by atoms with van der Waals surface area (Å²) in [7, 11) is 1.82. The summed E-state index contributed by atoms with van der Waals surface area (Å²) in [6.07, 6.45) is 5.15. The number of guanidine groups is 1. The van der Waals surface area contributed by atoms with Crippen LogP contribution in [0.2, 0.25) is 0 Å². The predicted molar refractivity (Wildman–Crippen MR) is 106 cm³/mol. The van der Waals surface area contributed by atoms with Crippen molar-refractivity contribution in [1.82, 2.24) is 25.3 Å². The average Bonchev–Trinajstić information content (AvgIpc) is 3.38. The number of hydrogen-bond acceptors (Lipinski definition) is 4. The Morgan fingerprint density at radius 2 is 2.04 bits per heavy atom. The van der Waals surface area contributed by atoms with E-state index in [1.807, 2.05) is 14.0 Å². The third-order valence-corrected chi connectivity index (χ3v) is 6.23. The van der Waals surface area contributed by atoms with Crippen molar-refractivity contribution in [2.45, 2.75) is 57.5 Å². The molecular formula is C19H34N6O2. The molecule has 27 heavy (non-hydrogen) atoms. The van der Waals surface area contributed by atoms with E-state index >= 15 is 0 Å². The number of nitrogens with zero attached hydrogens (tertiary/aromatic N) is 4. The summed E-state index contributed by atoms with van der Waals surface area (Å²) in [5.41, 5.74) is -0.749. The molecule has 3 aliphatic heterocycles. The molecular weight excluding hydrogens is 344 g/mol. The second kappa shape index (κ2) is 8.46. The number of likely N-dealkylation sites (tertiary alicyclic amines) is 2. The lowest BCUT2D eigenvalue weighted by Crippen LogP contribution is -2.44. The summed E-state index contributed by atoms with van der Waals surface area (Å²) in [5.74, 6) is 0.805. The fourth-order valence-electron chi connectivity index (χ4n) is 4.30. The SMILES string of the molecule is CCC1(C)NC(=O)N(CCCNC(=NC)N2CCC(N3CCCC3)C2)C1=O. The van der Waals surface area contributed by atoms with Gasteiger partial charge < -0.3 is 15.5 Å². The van der Waals surface area contributed by atoms with Gasteiger partial charge in [-0.05, 0) is 52.1 Å². The van der Waals surface area contributed by atoms with E-state index in [-0.39, 0.29) is 11.9 Å². The van der Waals surface area contributed by atoms with Crippen LogP contribution in [0.25, 0.3) is 0 Å². The molecule has 3 rings (SSSR count). The first-order valence-electron chi connectivity index (χ1n) is 10.3. The van der Waals surface area contributed by atoms with E-state index in [0.29, 0.717) is 32.0 Å². The maximum Gasteiger partial charge on any atom is 0.325 e. The van der Waals surface area contributed by atoms with Crippen molar-refractivity contribution in [3.63, 3.8) is 0 Å². The van der Waals surface area contributed by atoms with E-state index in [1.165, 1.54) is 37.3 Å². The molecule has 0 bridgehead atoms. The van der Waals surface area contributed by atoms with Gasteiger partial charge in [-0.15, -0.1) is 0 Å². The van der Waals surface area contributed by atoms with Gasteiger partial charge in [0.05, 0.1) is 0 Å². The molecule has 152 valence electrons. The molecule has 0 aliphatic carbocycles. The van der Waals surface area contributed by atoms with Crippen LogP contribution < -0.4 is 10.6 Å². The first-order chi connectivity index (χ1) is 13.0. The summed E-state index contributed by atoms with van der Waals surface area (Å²) in [4.78, 5) is 35.2. The van der Waals surface area contributed by atoms with Gasteiger partial charge in [0.2, 0.25) is 0 Å². The Morgan fingerprint density at radius 3 is 2.67 bits per heavy atom. The Morgan fingerprint density at radius 1 is 1.30 bits per heavy atom. The number of aliphatic imine (C=N–C) groups is 1. The molecule has 0 spiro atoms. The van der Waals surface area contributed by atoms with Crippen molar-refractivity contribution in [3.05, 3.63) is 0 Å². The lowest BCUT2D eigenvalue weighted by Gasteiger charge is -2.25. The van der Waals surface area contributed by atoms with Crippen LogP contribution in [0.1, 0.15) is 46.0 Å². The minimum atomic E-state index is -0.749. The molecule has 0 radical (unpaired) electrons. The number of nitrogens with one attached hydrogen (secondary N) is 2. The fourth-order valence-corrected chi connectivity index (χ4v) is 4.30. The van der Waals surface area contributed by atoms with Crippen LogP contribution in [0.3, 0.4) is 0 Å². The van der Waals surface area contributed by atoms with Gasteiger partial charge in [-0.2, -0.15) is 0 Å². The van der Waals surface area contributed by atoms with Crippen LogP contribution in [0.15, 0.2) is 4.99 Å². The number of amides is 3. The topological polar surface area (TPSA) is 80.3 Å². The normalized spacial score (nSPS) is 29.7. The van der Waals surface area contributed by atoms with E-state index in [0.717, 1.165) is 19.0 Å². The summed E-state index contributed by atoms with van der Waals surface area (Å²) < 4.78 is 0. The third kappa shape index (κ3) is 4.20. The van der Waals surface area contributed by atoms with E-state index in [1.54, 1.807) is 6.92 Å². The molecule has 8 heteroatoms. The van der Waals surface area contributed by atoms with Crippen LogP contribution in [0.4, 0.5) is 4.79 Å². The van der Waals surface area contributed by atoms with Crippen molar-refractivity contribution < 1.29 is 9.59 Å². The number of urea groups is 1. The predicted octanol–water partition coefficient (Wildman–Crippen LogP) is 0.843. The molecule has 2 N–H and O–H groups in total. The largest absolute Gasteiger partial charge is 0.356 e. The number of imide groups is 1. The zero-order valence-corrected chi connectivity index (χ0v) is 17.0. The molecule has 0 saturated carbocycles. The summed E-state index contributed by atoms with van der Waals surface area (Å²) in [6, 6.07) is 0.366. The Labute approximate surface area is 162 Å². The Balaban J connectivity index is 1.42.